The van der Waals surface area contributed by atoms with Crippen LogP contribution in [0, 0.1) is 24.6 Å². The highest BCUT2D eigenvalue weighted by Gasteiger charge is 2.44. The number of hydrogen-bond donors (Lipinski definition) is 2. The van der Waals surface area contributed by atoms with E-state index in [1.54, 1.807) is 12.1 Å². The number of hydrogen-bond acceptors (Lipinski definition) is 3. The maximum atomic E-state index is 13.1. The lowest BCUT2D eigenvalue weighted by Crippen LogP contribution is -2.36. The number of aryl methyl sites for hydroxylation is 1. The van der Waals surface area contributed by atoms with Gasteiger partial charge >= 0.3 is 6.03 Å². The molecule has 6 nitrogen and oxygen atoms in total. The molecule has 1 saturated carbocycles. The predicted molar refractivity (Wildman–Crippen MR) is 113 cm³/mol. The van der Waals surface area contributed by atoms with Gasteiger partial charge < -0.3 is 19.9 Å². The Labute approximate surface area is 174 Å². The van der Waals surface area contributed by atoms with E-state index in [1.807, 2.05) is 36.1 Å². The maximum absolute atomic E-state index is 13.1. The molecule has 156 valence electrons. The largest absolute Gasteiger partial charge is 0.391 e. The van der Waals surface area contributed by atoms with E-state index in [9.17, 15) is 14.3 Å². The van der Waals surface area contributed by atoms with Crippen LogP contribution in [-0.2, 0) is 0 Å². The number of nitrogens with one attached hydrogen (secondary N) is 1. The van der Waals surface area contributed by atoms with Gasteiger partial charge in [0.1, 0.15) is 11.6 Å². The van der Waals surface area contributed by atoms with Gasteiger partial charge in [0.2, 0.25) is 0 Å². The molecule has 0 bridgehead atoms. The van der Waals surface area contributed by atoms with Crippen molar-refractivity contribution in [3.8, 4) is 0 Å². The Bertz CT molecular complexity index is 1080. The average molecular weight is 408 g/mol. The highest BCUT2D eigenvalue weighted by molar-refractivity contribution is 5.89. The van der Waals surface area contributed by atoms with Crippen molar-refractivity contribution >= 4 is 22.8 Å². The van der Waals surface area contributed by atoms with Gasteiger partial charge in [0.05, 0.1) is 23.2 Å². The molecule has 1 aliphatic heterocycles. The lowest BCUT2D eigenvalue weighted by molar-refractivity contribution is 0.0366. The van der Waals surface area contributed by atoms with E-state index < -0.39 is 6.10 Å². The van der Waals surface area contributed by atoms with Gasteiger partial charge in [-0.2, -0.15) is 0 Å². The Morgan fingerprint density at radius 2 is 1.80 bits per heavy atom. The fourth-order valence-electron chi connectivity index (χ4n) is 5.17. The number of fused-ring (bicyclic) bond motifs is 2. The summed E-state index contributed by atoms with van der Waals surface area (Å²) in [5.41, 5.74) is 2.56. The zero-order chi connectivity index (χ0) is 20.8. The molecule has 5 rings (SSSR count). The van der Waals surface area contributed by atoms with Crippen molar-refractivity contribution in [3.63, 3.8) is 0 Å². The van der Waals surface area contributed by atoms with Gasteiger partial charge in [-0.15, -0.1) is 0 Å². The van der Waals surface area contributed by atoms with Gasteiger partial charge in [-0.3, -0.25) is 0 Å². The molecule has 7 heteroatoms. The Hall–Kier alpha value is -2.93. The third kappa shape index (κ3) is 3.33. The second-order valence-corrected chi connectivity index (χ2v) is 8.49. The van der Waals surface area contributed by atoms with Crippen molar-refractivity contribution in [2.75, 3.05) is 18.4 Å². The molecular weight excluding hydrogens is 383 g/mol. The first-order valence-electron chi connectivity index (χ1n) is 10.4. The van der Waals surface area contributed by atoms with Crippen LogP contribution in [0.1, 0.15) is 24.7 Å². The third-order valence-corrected chi connectivity index (χ3v) is 6.60. The summed E-state index contributed by atoms with van der Waals surface area (Å²) in [5, 5.41) is 13.8. The van der Waals surface area contributed by atoms with Gasteiger partial charge in [0.25, 0.3) is 0 Å². The molecule has 2 heterocycles. The molecule has 1 aromatic heterocycles. The SMILES string of the molecule is Cc1nc2ccccc2n1[C@H]1C[C@H]2CN(C(=O)Nc3ccc(F)cc3)C[C@H]2C[C@@H]1O. The van der Waals surface area contributed by atoms with E-state index in [0.717, 1.165) is 23.3 Å². The summed E-state index contributed by atoms with van der Waals surface area (Å²) in [6.45, 7) is 3.27. The summed E-state index contributed by atoms with van der Waals surface area (Å²) in [7, 11) is 0. The van der Waals surface area contributed by atoms with Crippen molar-refractivity contribution in [2.45, 2.75) is 31.9 Å². The Balaban J connectivity index is 1.32. The minimum Gasteiger partial charge on any atom is -0.391 e. The van der Waals surface area contributed by atoms with Gasteiger partial charge in [-0.05, 0) is 68.0 Å². The molecule has 2 fully saturated rings. The lowest BCUT2D eigenvalue weighted by Gasteiger charge is -2.36. The van der Waals surface area contributed by atoms with Crippen molar-refractivity contribution in [3.05, 3.63) is 60.2 Å². The molecule has 2 aromatic carbocycles. The zero-order valence-corrected chi connectivity index (χ0v) is 16.8. The number of urea groups is 1. The number of carbonyl (C=O) groups is 1. The van der Waals surface area contributed by atoms with Crippen LogP contribution in [-0.4, -0.2) is 44.8 Å². The van der Waals surface area contributed by atoms with Gasteiger partial charge in [0, 0.05) is 18.8 Å². The predicted octanol–water partition coefficient (Wildman–Crippen LogP) is 3.96. The van der Waals surface area contributed by atoms with Crippen LogP contribution in [0.25, 0.3) is 11.0 Å². The van der Waals surface area contributed by atoms with Crippen LogP contribution in [0.5, 0.6) is 0 Å². The summed E-state index contributed by atoms with van der Waals surface area (Å²) < 4.78 is 15.3. The van der Waals surface area contributed by atoms with Crippen LogP contribution >= 0.6 is 0 Å². The summed E-state index contributed by atoms with van der Waals surface area (Å²) in [5.74, 6) is 1.19. The summed E-state index contributed by atoms with van der Waals surface area (Å²) in [4.78, 5) is 19.2. The van der Waals surface area contributed by atoms with Crippen molar-refractivity contribution in [1.29, 1.82) is 0 Å². The van der Waals surface area contributed by atoms with E-state index in [4.69, 9.17) is 0 Å². The number of amides is 2. The summed E-state index contributed by atoms with van der Waals surface area (Å²) >= 11 is 0. The van der Waals surface area contributed by atoms with Crippen LogP contribution in [0.4, 0.5) is 14.9 Å². The molecule has 1 saturated heterocycles. The van der Waals surface area contributed by atoms with Crippen LogP contribution in [0.15, 0.2) is 48.5 Å². The maximum Gasteiger partial charge on any atom is 0.321 e. The van der Waals surface area contributed by atoms with E-state index in [1.165, 1.54) is 12.1 Å². The normalized spacial score (nSPS) is 26.0. The second-order valence-electron chi connectivity index (χ2n) is 8.49. The number of likely N-dealkylation sites (tertiary alicyclic amines) is 1. The fourth-order valence-corrected chi connectivity index (χ4v) is 5.17. The molecular formula is C23H25FN4O2. The highest BCUT2D eigenvalue weighted by atomic mass is 19.1. The van der Waals surface area contributed by atoms with Crippen LogP contribution < -0.4 is 5.32 Å². The van der Waals surface area contributed by atoms with E-state index in [0.29, 0.717) is 31.1 Å². The average Bonchev–Trinajstić information content (AvgIpc) is 3.28. The number of rotatable bonds is 2. The monoisotopic (exact) mass is 408 g/mol. The Kier molecular flexibility index (Phi) is 4.70. The number of aromatic nitrogens is 2. The molecule has 3 aromatic rings. The molecule has 1 aliphatic carbocycles. The third-order valence-electron chi connectivity index (χ3n) is 6.60. The lowest BCUT2D eigenvalue weighted by atomic mass is 9.77. The van der Waals surface area contributed by atoms with Gasteiger partial charge in [-0.25, -0.2) is 14.2 Å². The number of benzene rings is 2. The van der Waals surface area contributed by atoms with Crippen molar-refractivity contribution in [2.24, 2.45) is 11.8 Å². The zero-order valence-electron chi connectivity index (χ0n) is 16.8. The first-order valence-corrected chi connectivity index (χ1v) is 10.4. The number of halogens is 1. The minimum atomic E-state index is -0.470. The first-order chi connectivity index (χ1) is 14.5. The Morgan fingerprint density at radius 3 is 2.57 bits per heavy atom. The molecule has 0 spiro atoms. The molecule has 4 atom stereocenters. The number of para-hydroxylation sites is 2. The molecule has 0 unspecified atom stereocenters. The molecule has 2 N–H and O–H groups in total. The fraction of sp³-hybridized carbons (Fsp3) is 0.391. The summed E-state index contributed by atoms with van der Waals surface area (Å²) in [6.07, 6.45) is 1.01. The van der Waals surface area contributed by atoms with Gasteiger partial charge in [0.15, 0.2) is 0 Å². The van der Waals surface area contributed by atoms with Crippen LogP contribution in [0.3, 0.4) is 0 Å². The molecule has 2 amide bonds. The van der Waals surface area contributed by atoms with Crippen LogP contribution in [0.2, 0.25) is 0 Å². The smallest absolute Gasteiger partial charge is 0.321 e. The number of nitrogens with zero attached hydrogens (tertiary/aromatic N) is 3. The van der Waals surface area contributed by atoms with Crippen molar-refractivity contribution in [1.82, 2.24) is 14.5 Å². The number of imidazole rings is 1. The number of carbonyl (C=O) groups excluding carboxylic acids is 1. The summed E-state index contributed by atoms with van der Waals surface area (Å²) in [6, 6.07) is 13.6. The highest BCUT2D eigenvalue weighted by Crippen LogP contribution is 2.42. The van der Waals surface area contributed by atoms with Gasteiger partial charge in [-0.1, -0.05) is 12.1 Å². The first kappa shape index (κ1) is 19.1. The quantitative estimate of drug-likeness (QED) is 0.674. The molecule has 30 heavy (non-hydrogen) atoms. The standard InChI is InChI=1S/C23H25FN4O2/c1-14-25-19-4-2-3-5-20(19)28(14)21-10-15-12-27(13-16(15)11-22(21)29)23(30)26-18-8-6-17(24)7-9-18/h2-9,15-16,21-22,29H,10-13H2,1H3,(H,26,30)/t15-,16+,21-,22-/m0/s1. The number of aliphatic hydroxyl groups is 1. The number of anilines is 1. The van der Waals surface area contributed by atoms with E-state index in [2.05, 4.69) is 14.9 Å². The molecule has 0 radical (unpaired) electrons. The Morgan fingerprint density at radius 1 is 1.10 bits per heavy atom. The van der Waals surface area contributed by atoms with E-state index >= 15 is 0 Å². The minimum absolute atomic E-state index is 0.0428. The number of aliphatic hydroxyl groups excluding tert-OH is 1. The second kappa shape index (κ2) is 7.40. The topological polar surface area (TPSA) is 70.4 Å². The molecule has 2 aliphatic rings. The van der Waals surface area contributed by atoms with E-state index in [-0.39, 0.29) is 23.8 Å². The van der Waals surface area contributed by atoms with Crippen molar-refractivity contribution < 1.29 is 14.3 Å².